The molecule has 0 N–H and O–H groups in total. The molecule has 0 saturated carbocycles. The maximum absolute atomic E-state index is 12.1. The fourth-order valence-electron chi connectivity index (χ4n) is 2.36. The maximum atomic E-state index is 12.1. The molecule has 0 aliphatic rings. The van der Waals surface area contributed by atoms with Gasteiger partial charge < -0.3 is 9.47 Å². The average Bonchev–Trinajstić information content (AvgIpc) is 3.04. The molecule has 0 aliphatic heterocycles. The van der Waals surface area contributed by atoms with E-state index in [1.54, 1.807) is 6.07 Å². The zero-order valence-corrected chi connectivity index (χ0v) is 12.5. The van der Waals surface area contributed by atoms with Crippen LogP contribution in [0.5, 0.6) is 0 Å². The van der Waals surface area contributed by atoms with E-state index >= 15 is 0 Å². The molecule has 1 heterocycles. The number of fused-ring (bicyclic) bond motifs is 1. The Labute approximate surface area is 131 Å². The van der Waals surface area contributed by atoms with Crippen molar-refractivity contribution in [2.75, 3.05) is 14.2 Å². The molecule has 3 rings (SSSR count). The normalized spacial score (nSPS) is 10.5. The lowest BCUT2D eigenvalue weighted by atomic mass is 10.1. The highest BCUT2D eigenvalue weighted by atomic mass is 16.5. The maximum Gasteiger partial charge on any atom is 0.361 e. The Hall–Kier alpha value is -3.22. The van der Waals surface area contributed by atoms with Crippen LogP contribution in [0.15, 0.2) is 42.5 Å². The first-order chi connectivity index (χ1) is 11.2. The second-order valence-electron chi connectivity index (χ2n) is 4.68. The standard InChI is InChI=1S/C16H13N3O4/c1-22-15(20)13-14(16(21)23-2)19(18-17-13)12-9-5-7-10-6-3-4-8-11(10)12/h3-9H,1-2H3. The van der Waals surface area contributed by atoms with Crippen LogP contribution in [0, 0.1) is 0 Å². The minimum absolute atomic E-state index is 0.0734. The number of rotatable bonds is 3. The monoisotopic (exact) mass is 311 g/mol. The van der Waals surface area contributed by atoms with Crippen molar-refractivity contribution < 1.29 is 19.1 Å². The fraction of sp³-hybridized carbons (Fsp3) is 0.125. The Kier molecular flexibility index (Phi) is 3.76. The average molecular weight is 311 g/mol. The van der Waals surface area contributed by atoms with Gasteiger partial charge in [0.05, 0.1) is 19.9 Å². The first kappa shape index (κ1) is 14.7. The van der Waals surface area contributed by atoms with Gasteiger partial charge in [0, 0.05) is 5.39 Å². The largest absolute Gasteiger partial charge is 0.464 e. The van der Waals surface area contributed by atoms with Gasteiger partial charge in [-0.25, -0.2) is 14.3 Å². The number of aromatic nitrogens is 3. The molecule has 0 bridgehead atoms. The molecular weight excluding hydrogens is 298 g/mol. The molecule has 0 radical (unpaired) electrons. The quantitative estimate of drug-likeness (QED) is 0.688. The van der Waals surface area contributed by atoms with Crippen LogP contribution in [-0.2, 0) is 9.47 Å². The fourth-order valence-corrected chi connectivity index (χ4v) is 2.36. The van der Waals surface area contributed by atoms with E-state index in [2.05, 4.69) is 15.0 Å². The molecule has 7 nitrogen and oxygen atoms in total. The number of methoxy groups -OCH3 is 2. The lowest BCUT2D eigenvalue weighted by Crippen LogP contribution is -2.15. The Bertz CT molecular complexity index is 896. The third kappa shape index (κ3) is 2.42. The van der Waals surface area contributed by atoms with Gasteiger partial charge >= 0.3 is 11.9 Å². The predicted molar refractivity (Wildman–Crippen MR) is 81.5 cm³/mol. The Morgan fingerprint density at radius 1 is 0.957 bits per heavy atom. The highest BCUT2D eigenvalue weighted by Gasteiger charge is 2.28. The van der Waals surface area contributed by atoms with Crippen LogP contribution in [0.4, 0.5) is 0 Å². The molecule has 3 aromatic rings. The van der Waals surface area contributed by atoms with Gasteiger partial charge in [0.15, 0.2) is 5.69 Å². The second-order valence-corrected chi connectivity index (χ2v) is 4.68. The van der Waals surface area contributed by atoms with Gasteiger partial charge in [0.2, 0.25) is 5.69 Å². The SMILES string of the molecule is COC(=O)c1nnn(-c2cccc3ccccc23)c1C(=O)OC. The van der Waals surface area contributed by atoms with Crippen LogP contribution < -0.4 is 0 Å². The van der Waals surface area contributed by atoms with Crippen molar-refractivity contribution in [3.8, 4) is 5.69 Å². The minimum Gasteiger partial charge on any atom is -0.464 e. The van der Waals surface area contributed by atoms with Gasteiger partial charge in [0.1, 0.15) is 0 Å². The number of esters is 2. The van der Waals surface area contributed by atoms with E-state index in [4.69, 9.17) is 4.74 Å². The zero-order valence-electron chi connectivity index (χ0n) is 12.5. The van der Waals surface area contributed by atoms with E-state index in [0.29, 0.717) is 5.69 Å². The van der Waals surface area contributed by atoms with Crippen LogP contribution in [0.1, 0.15) is 21.0 Å². The molecule has 7 heteroatoms. The first-order valence-electron chi connectivity index (χ1n) is 6.78. The Morgan fingerprint density at radius 2 is 1.65 bits per heavy atom. The molecule has 2 aromatic carbocycles. The molecule has 0 fully saturated rings. The number of hydrogen-bond donors (Lipinski definition) is 0. The lowest BCUT2D eigenvalue weighted by molar-refractivity contribution is 0.0546. The summed E-state index contributed by atoms with van der Waals surface area (Å²) in [5.74, 6) is -1.47. The smallest absolute Gasteiger partial charge is 0.361 e. The summed E-state index contributed by atoms with van der Waals surface area (Å²) in [6.45, 7) is 0. The number of nitrogens with zero attached hydrogens (tertiary/aromatic N) is 3. The minimum atomic E-state index is -0.753. The van der Waals surface area contributed by atoms with E-state index < -0.39 is 11.9 Å². The molecule has 0 spiro atoms. The third-order valence-electron chi connectivity index (χ3n) is 3.42. The number of carbonyl (C=O) groups is 2. The molecule has 1 aromatic heterocycles. The zero-order chi connectivity index (χ0) is 16.4. The number of benzene rings is 2. The van der Waals surface area contributed by atoms with E-state index in [9.17, 15) is 9.59 Å². The molecular formula is C16H13N3O4. The van der Waals surface area contributed by atoms with Crippen molar-refractivity contribution in [2.45, 2.75) is 0 Å². The van der Waals surface area contributed by atoms with Crippen LogP contribution in [-0.4, -0.2) is 41.2 Å². The van der Waals surface area contributed by atoms with Crippen molar-refractivity contribution >= 4 is 22.7 Å². The molecule has 0 saturated heterocycles. The molecule has 0 aliphatic carbocycles. The van der Waals surface area contributed by atoms with Gasteiger partial charge in [-0.1, -0.05) is 41.6 Å². The van der Waals surface area contributed by atoms with Crippen molar-refractivity contribution in [1.29, 1.82) is 0 Å². The third-order valence-corrected chi connectivity index (χ3v) is 3.42. The summed E-state index contributed by atoms with van der Waals surface area (Å²) in [4.78, 5) is 23.9. The molecule has 0 atom stereocenters. The number of hydrogen-bond acceptors (Lipinski definition) is 6. The highest BCUT2D eigenvalue weighted by molar-refractivity contribution is 6.01. The first-order valence-corrected chi connectivity index (χ1v) is 6.78. The van der Waals surface area contributed by atoms with E-state index in [1.807, 2.05) is 36.4 Å². The molecule has 0 unspecified atom stereocenters. The summed E-state index contributed by atoms with van der Waals surface area (Å²) in [6, 6.07) is 13.2. The number of carbonyl (C=O) groups excluding carboxylic acids is 2. The summed E-state index contributed by atoms with van der Waals surface area (Å²) < 4.78 is 10.7. The topological polar surface area (TPSA) is 83.3 Å². The summed E-state index contributed by atoms with van der Waals surface area (Å²) in [6.07, 6.45) is 0. The lowest BCUT2D eigenvalue weighted by Gasteiger charge is -2.09. The summed E-state index contributed by atoms with van der Waals surface area (Å²) in [7, 11) is 2.43. The van der Waals surface area contributed by atoms with E-state index in [-0.39, 0.29) is 11.4 Å². The Morgan fingerprint density at radius 3 is 2.39 bits per heavy atom. The van der Waals surface area contributed by atoms with Crippen molar-refractivity contribution in [1.82, 2.24) is 15.0 Å². The van der Waals surface area contributed by atoms with Crippen LogP contribution in [0.2, 0.25) is 0 Å². The van der Waals surface area contributed by atoms with E-state index in [0.717, 1.165) is 10.8 Å². The van der Waals surface area contributed by atoms with Crippen LogP contribution in [0.3, 0.4) is 0 Å². The van der Waals surface area contributed by atoms with Crippen molar-refractivity contribution in [3.05, 3.63) is 53.9 Å². The highest BCUT2D eigenvalue weighted by Crippen LogP contribution is 2.24. The van der Waals surface area contributed by atoms with Crippen LogP contribution >= 0.6 is 0 Å². The van der Waals surface area contributed by atoms with Gasteiger partial charge in [-0.3, -0.25) is 0 Å². The summed E-state index contributed by atoms with van der Waals surface area (Å²) in [5.41, 5.74) is 0.356. The molecule has 116 valence electrons. The van der Waals surface area contributed by atoms with Crippen molar-refractivity contribution in [2.24, 2.45) is 0 Å². The van der Waals surface area contributed by atoms with Gasteiger partial charge in [-0.2, -0.15) is 0 Å². The summed E-state index contributed by atoms with van der Waals surface area (Å²) in [5, 5.41) is 9.55. The van der Waals surface area contributed by atoms with E-state index in [1.165, 1.54) is 18.9 Å². The van der Waals surface area contributed by atoms with Crippen LogP contribution in [0.25, 0.3) is 16.5 Å². The summed E-state index contributed by atoms with van der Waals surface area (Å²) >= 11 is 0. The van der Waals surface area contributed by atoms with Crippen molar-refractivity contribution in [3.63, 3.8) is 0 Å². The Balaban J connectivity index is 2.29. The number of ether oxygens (including phenoxy) is 2. The van der Waals surface area contributed by atoms with Gasteiger partial charge in [0.25, 0.3) is 0 Å². The predicted octanol–water partition coefficient (Wildman–Crippen LogP) is 1.99. The molecule has 23 heavy (non-hydrogen) atoms. The van der Waals surface area contributed by atoms with Gasteiger partial charge in [-0.05, 0) is 11.5 Å². The molecule has 0 amide bonds. The second kappa shape index (κ2) is 5.88. The van der Waals surface area contributed by atoms with Gasteiger partial charge in [-0.15, -0.1) is 5.10 Å².